The third-order valence-corrected chi connectivity index (χ3v) is 7.08. The predicted molar refractivity (Wildman–Crippen MR) is 147 cm³/mol. The minimum atomic E-state index is -0.809. The fraction of sp³-hybridized carbons (Fsp3) is 0.241. The predicted octanol–water partition coefficient (Wildman–Crippen LogP) is 4.75. The molecule has 1 aliphatic heterocycles. The summed E-state index contributed by atoms with van der Waals surface area (Å²) in [6.45, 7) is 2.21. The van der Waals surface area contributed by atoms with Crippen LogP contribution in [0.5, 0.6) is 17.4 Å². The summed E-state index contributed by atoms with van der Waals surface area (Å²) in [7, 11) is 2.90. The maximum atomic E-state index is 14.5. The van der Waals surface area contributed by atoms with E-state index in [1.54, 1.807) is 36.4 Å². The van der Waals surface area contributed by atoms with E-state index < -0.39 is 34.6 Å². The number of nitrogens with zero attached hydrogens (tertiary/aromatic N) is 4. The molecule has 40 heavy (non-hydrogen) atoms. The van der Waals surface area contributed by atoms with Crippen molar-refractivity contribution < 1.29 is 23.8 Å². The Morgan fingerprint density at radius 1 is 1.12 bits per heavy atom. The molecule has 0 bridgehead atoms. The van der Waals surface area contributed by atoms with Gasteiger partial charge in [-0.3, -0.25) is 19.1 Å². The number of benzene rings is 2. The fourth-order valence-corrected chi connectivity index (χ4v) is 5.13. The maximum absolute atomic E-state index is 14.5. The lowest BCUT2D eigenvalue weighted by Crippen LogP contribution is -2.36. The second kappa shape index (κ2) is 11.0. The summed E-state index contributed by atoms with van der Waals surface area (Å²) >= 11 is 5.84. The summed E-state index contributed by atoms with van der Waals surface area (Å²) in [5.41, 5.74) is 0.516. The SMILES string of the molecule is COc1cccc(OC)c1-n1c(-c2cccc(C)c2)nc(O)c(C(=O)N2CCC(c3ncc(Cl)cc3F)C2)c1=O. The molecule has 0 aliphatic carbocycles. The molecule has 1 N–H and O–H groups in total. The van der Waals surface area contributed by atoms with Crippen molar-refractivity contribution in [3.63, 3.8) is 0 Å². The molecule has 1 amide bonds. The van der Waals surface area contributed by atoms with Crippen LogP contribution < -0.4 is 15.0 Å². The number of likely N-dealkylation sites (tertiary alicyclic amines) is 1. The normalized spacial score (nSPS) is 14.8. The lowest BCUT2D eigenvalue weighted by Gasteiger charge is -2.21. The molecule has 2 aromatic heterocycles. The van der Waals surface area contributed by atoms with Crippen LogP contribution in [0, 0.1) is 12.7 Å². The number of halogens is 2. The first-order valence-electron chi connectivity index (χ1n) is 12.5. The number of hydrogen-bond donors (Lipinski definition) is 1. The van der Waals surface area contributed by atoms with E-state index in [4.69, 9.17) is 21.1 Å². The number of methoxy groups -OCH3 is 2. The van der Waals surface area contributed by atoms with E-state index in [-0.39, 0.29) is 35.3 Å². The largest absolute Gasteiger partial charge is 0.494 e. The van der Waals surface area contributed by atoms with E-state index in [0.717, 1.165) is 5.56 Å². The lowest BCUT2D eigenvalue weighted by atomic mass is 10.0. The fourth-order valence-electron chi connectivity index (χ4n) is 4.99. The third-order valence-electron chi connectivity index (χ3n) is 6.88. The Hall–Kier alpha value is -4.44. The number of carbonyl (C=O) groups is 1. The van der Waals surface area contributed by atoms with Crippen molar-refractivity contribution >= 4 is 17.5 Å². The van der Waals surface area contributed by atoms with Crippen LogP contribution in [0.2, 0.25) is 5.02 Å². The molecule has 2 aromatic carbocycles. The van der Waals surface area contributed by atoms with Gasteiger partial charge in [0.05, 0.1) is 24.9 Å². The Kier molecular flexibility index (Phi) is 7.44. The van der Waals surface area contributed by atoms with Crippen LogP contribution in [0.25, 0.3) is 17.1 Å². The molecule has 1 aliphatic rings. The van der Waals surface area contributed by atoms with Gasteiger partial charge in [0.25, 0.3) is 11.5 Å². The zero-order valence-corrected chi connectivity index (χ0v) is 22.8. The van der Waals surface area contributed by atoms with E-state index in [1.165, 1.54) is 35.9 Å². The quantitative estimate of drug-likeness (QED) is 0.360. The minimum Gasteiger partial charge on any atom is -0.494 e. The number of aryl methyl sites for hydroxylation is 1. The zero-order chi connectivity index (χ0) is 28.6. The Bertz CT molecular complexity index is 1650. The Morgan fingerprint density at radius 3 is 2.48 bits per heavy atom. The highest BCUT2D eigenvalue weighted by molar-refractivity contribution is 6.30. The first-order valence-corrected chi connectivity index (χ1v) is 12.9. The van der Waals surface area contributed by atoms with Crippen molar-refractivity contribution in [1.82, 2.24) is 19.4 Å². The van der Waals surface area contributed by atoms with Gasteiger partial charge in [-0.2, -0.15) is 4.98 Å². The van der Waals surface area contributed by atoms with Gasteiger partial charge in [0, 0.05) is 30.8 Å². The van der Waals surface area contributed by atoms with E-state index in [1.807, 2.05) is 13.0 Å². The summed E-state index contributed by atoms with van der Waals surface area (Å²) in [5, 5.41) is 11.2. The molecule has 5 rings (SSSR count). The first kappa shape index (κ1) is 27.1. The third kappa shape index (κ3) is 4.86. The summed E-state index contributed by atoms with van der Waals surface area (Å²) < 4.78 is 26.8. The Balaban J connectivity index is 1.65. The van der Waals surface area contributed by atoms with Gasteiger partial charge in [-0.1, -0.05) is 41.4 Å². The second-order valence-corrected chi connectivity index (χ2v) is 9.85. The molecule has 3 heterocycles. The second-order valence-electron chi connectivity index (χ2n) is 9.41. The van der Waals surface area contributed by atoms with Crippen molar-refractivity contribution in [2.45, 2.75) is 19.3 Å². The number of carbonyl (C=O) groups excluding carboxylic acids is 1. The molecule has 9 nitrogen and oxygen atoms in total. The number of aromatic nitrogens is 3. The van der Waals surface area contributed by atoms with E-state index >= 15 is 0 Å². The molecule has 1 saturated heterocycles. The highest BCUT2D eigenvalue weighted by atomic mass is 35.5. The van der Waals surface area contributed by atoms with Crippen molar-refractivity contribution in [2.75, 3.05) is 27.3 Å². The van der Waals surface area contributed by atoms with Crippen molar-refractivity contribution in [1.29, 1.82) is 0 Å². The van der Waals surface area contributed by atoms with Crippen LogP contribution in [0.4, 0.5) is 4.39 Å². The van der Waals surface area contributed by atoms with Crippen LogP contribution in [0.1, 0.15) is 34.0 Å². The zero-order valence-electron chi connectivity index (χ0n) is 22.0. The van der Waals surface area contributed by atoms with Crippen molar-refractivity contribution in [3.05, 3.63) is 92.7 Å². The molecule has 0 radical (unpaired) electrons. The van der Waals surface area contributed by atoms with Crippen LogP contribution in [0.15, 0.2) is 59.5 Å². The molecule has 1 fully saturated rings. The summed E-state index contributed by atoms with van der Waals surface area (Å²) in [6, 6.07) is 13.4. The standard InChI is InChI=1S/C29H26ClFN4O5/c1-16-6-4-7-17(12-16)26-33-27(36)23(29(38)35(26)25-21(39-2)8-5-9-22(25)40-3)28(37)34-11-10-18(15-34)24-20(31)13-19(30)14-32-24/h4-9,12-14,18,36H,10-11,15H2,1-3H3. The average Bonchev–Trinajstić information content (AvgIpc) is 3.42. The van der Waals surface area contributed by atoms with Gasteiger partial charge in [-0.15, -0.1) is 0 Å². The van der Waals surface area contributed by atoms with Crippen LogP contribution in [0.3, 0.4) is 0 Å². The molecule has 4 aromatic rings. The van der Waals surface area contributed by atoms with E-state index in [9.17, 15) is 19.1 Å². The van der Waals surface area contributed by atoms with Crippen molar-refractivity contribution in [2.24, 2.45) is 0 Å². The lowest BCUT2D eigenvalue weighted by molar-refractivity contribution is 0.0784. The molecule has 0 saturated carbocycles. The molecule has 1 unspecified atom stereocenters. The van der Waals surface area contributed by atoms with Crippen LogP contribution in [-0.4, -0.2) is 57.8 Å². The number of amides is 1. The maximum Gasteiger partial charge on any atom is 0.275 e. The Labute approximate surface area is 234 Å². The van der Waals surface area contributed by atoms with Gasteiger partial charge in [0.2, 0.25) is 5.88 Å². The Morgan fingerprint density at radius 2 is 1.82 bits per heavy atom. The van der Waals surface area contributed by atoms with Gasteiger partial charge < -0.3 is 19.5 Å². The number of pyridine rings is 1. The van der Waals surface area contributed by atoms with Crippen LogP contribution >= 0.6 is 11.6 Å². The van der Waals surface area contributed by atoms with Gasteiger partial charge in [-0.25, -0.2) is 4.39 Å². The highest BCUT2D eigenvalue weighted by Gasteiger charge is 2.35. The molecule has 1 atom stereocenters. The van der Waals surface area contributed by atoms with Gasteiger partial charge in [-0.05, 0) is 37.6 Å². The number of ether oxygens (including phenoxy) is 2. The van der Waals surface area contributed by atoms with Gasteiger partial charge in [0.1, 0.15) is 23.0 Å². The van der Waals surface area contributed by atoms with Crippen LogP contribution in [-0.2, 0) is 0 Å². The first-order chi connectivity index (χ1) is 19.2. The molecule has 0 spiro atoms. The molecular weight excluding hydrogens is 539 g/mol. The monoisotopic (exact) mass is 564 g/mol. The number of rotatable bonds is 6. The summed E-state index contributed by atoms with van der Waals surface area (Å²) in [5.74, 6) is -1.72. The minimum absolute atomic E-state index is 0.0947. The summed E-state index contributed by atoms with van der Waals surface area (Å²) in [4.78, 5) is 37.7. The number of hydrogen-bond acceptors (Lipinski definition) is 7. The smallest absolute Gasteiger partial charge is 0.275 e. The molecular formula is C29H26ClFN4O5. The topological polar surface area (TPSA) is 107 Å². The van der Waals surface area contributed by atoms with Gasteiger partial charge in [0.15, 0.2) is 11.4 Å². The number of para-hydroxylation sites is 1. The van der Waals surface area contributed by atoms with E-state index in [2.05, 4.69) is 9.97 Å². The number of aromatic hydroxyl groups is 1. The molecule has 11 heteroatoms. The van der Waals surface area contributed by atoms with Crippen molar-refractivity contribution in [3.8, 4) is 34.5 Å². The summed E-state index contributed by atoms with van der Waals surface area (Å²) in [6.07, 6.45) is 1.77. The highest BCUT2D eigenvalue weighted by Crippen LogP contribution is 2.36. The van der Waals surface area contributed by atoms with E-state index in [0.29, 0.717) is 23.5 Å². The van der Waals surface area contributed by atoms with Gasteiger partial charge >= 0.3 is 0 Å². The average molecular weight is 565 g/mol. The molecule has 206 valence electrons.